The van der Waals surface area contributed by atoms with E-state index < -0.39 is 16.8 Å². The molecular formula is C20H22N2O6. The number of nitro benzene ring substituents is 1. The summed E-state index contributed by atoms with van der Waals surface area (Å²) in [5.74, 6) is -0.435. The second-order valence-corrected chi connectivity index (χ2v) is 6.46. The number of hydrogen-bond acceptors (Lipinski definition) is 6. The minimum atomic E-state index is -0.577. The molecule has 2 aromatic rings. The van der Waals surface area contributed by atoms with Gasteiger partial charge in [0.25, 0.3) is 5.91 Å². The number of nitrogens with one attached hydrogen (secondary N) is 1. The second kappa shape index (κ2) is 10.1. The van der Waals surface area contributed by atoms with Crippen LogP contribution >= 0.6 is 0 Å². The van der Waals surface area contributed by atoms with Crippen molar-refractivity contribution in [1.29, 1.82) is 0 Å². The van der Waals surface area contributed by atoms with Gasteiger partial charge in [-0.25, -0.2) is 4.79 Å². The summed E-state index contributed by atoms with van der Waals surface area (Å²) in [5, 5.41) is 13.5. The number of amides is 1. The Morgan fingerprint density at radius 2 is 1.79 bits per heavy atom. The number of ether oxygens (including phenoxy) is 2. The van der Waals surface area contributed by atoms with E-state index >= 15 is 0 Å². The van der Waals surface area contributed by atoms with Crippen LogP contribution in [0.1, 0.15) is 30.6 Å². The number of hydrogen-bond donors (Lipinski definition) is 1. The van der Waals surface area contributed by atoms with Gasteiger partial charge in [0.1, 0.15) is 0 Å². The lowest BCUT2D eigenvalue weighted by Crippen LogP contribution is -2.20. The van der Waals surface area contributed by atoms with E-state index in [4.69, 9.17) is 9.47 Å². The van der Waals surface area contributed by atoms with Crippen LogP contribution in [0.3, 0.4) is 0 Å². The van der Waals surface area contributed by atoms with Crippen molar-refractivity contribution in [2.75, 3.05) is 18.5 Å². The molecule has 0 saturated heterocycles. The number of carbonyl (C=O) groups excluding carboxylic acids is 2. The third-order valence-electron chi connectivity index (χ3n) is 3.75. The molecule has 0 bridgehead atoms. The molecular weight excluding hydrogens is 364 g/mol. The van der Waals surface area contributed by atoms with E-state index in [-0.39, 0.29) is 18.0 Å². The molecule has 8 heteroatoms. The van der Waals surface area contributed by atoms with Gasteiger partial charge >= 0.3 is 11.7 Å². The monoisotopic (exact) mass is 386 g/mol. The van der Waals surface area contributed by atoms with Gasteiger partial charge in [0.05, 0.1) is 17.1 Å². The number of esters is 1. The summed E-state index contributed by atoms with van der Waals surface area (Å²) in [5.41, 5.74) is 0.642. The highest BCUT2D eigenvalue weighted by atomic mass is 16.6. The predicted octanol–water partition coefficient (Wildman–Crippen LogP) is 3.82. The Hall–Kier alpha value is -3.42. The van der Waals surface area contributed by atoms with Gasteiger partial charge in [-0.05, 0) is 42.7 Å². The summed E-state index contributed by atoms with van der Waals surface area (Å²) < 4.78 is 10.4. The van der Waals surface area contributed by atoms with Crippen molar-refractivity contribution >= 4 is 23.3 Å². The number of benzene rings is 2. The lowest BCUT2D eigenvalue weighted by atomic mass is 10.1. The normalized spacial score (nSPS) is 10.4. The standard InChI is InChI=1S/C20H22N2O6/c1-14(2)11-12-27-20(24)15-7-9-16(10-8-15)21-19(23)13-28-18-6-4-3-5-17(18)22(25)26/h3-10,14H,11-13H2,1-2H3,(H,21,23). The molecule has 0 radical (unpaired) electrons. The average Bonchev–Trinajstić information content (AvgIpc) is 2.66. The molecule has 148 valence electrons. The Balaban J connectivity index is 1.86. The highest BCUT2D eigenvalue weighted by Gasteiger charge is 2.15. The van der Waals surface area contributed by atoms with Gasteiger partial charge in [-0.15, -0.1) is 0 Å². The molecule has 0 aliphatic heterocycles. The quantitative estimate of drug-likeness (QED) is 0.399. The third-order valence-corrected chi connectivity index (χ3v) is 3.75. The highest BCUT2D eigenvalue weighted by molar-refractivity contribution is 5.93. The lowest BCUT2D eigenvalue weighted by Gasteiger charge is -2.09. The van der Waals surface area contributed by atoms with Crippen LogP contribution < -0.4 is 10.1 Å². The molecule has 0 fully saturated rings. The predicted molar refractivity (Wildman–Crippen MR) is 103 cm³/mol. The Morgan fingerprint density at radius 3 is 2.43 bits per heavy atom. The summed E-state index contributed by atoms with van der Waals surface area (Å²) >= 11 is 0. The van der Waals surface area contributed by atoms with E-state index in [1.807, 2.05) is 13.8 Å². The molecule has 0 saturated carbocycles. The maximum absolute atomic E-state index is 12.0. The zero-order valence-corrected chi connectivity index (χ0v) is 15.7. The summed E-state index contributed by atoms with van der Waals surface area (Å²) in [7, 11) is 0. The van der Waals surface area contributed by atoms with Crippen molar-refractivity contribution in [2.45, 2.75) is 20.3 Å². The molecule has 28 heavy (non-hydrogen) atoms. The van der Waals surface area contributed by atoms with Crippen molar-refractivity contribution < 1.29 is 24.0 Å². The molecule has 0 spiro atoms. The van der Waals surface area contributed by atoms with Gasteiger partial charge in [-0.1, -0.05) is 26.0 Å². The van der Waals surface area contributed by atoms with Crippen LogP contribution in [0, 0.1) is 16.0 Å². The minimum Gasteiger partial charge on any atom is -0.477 e. The van der Waals surface area contributed by atoms with Crippen LogP contribution in [-0.4, -0.2) is 30.0 Å². The van der Waals surface area contributed by atoms with Gasteiger partial charge in [0.2, 0.25) is 0 Å². The molecule has 0 heterocycles. The molecule has 2 rings (SSSR count). The fourth-order valence-electron chi connectivity index (χ4n) is 2.23. The van der Waals surface area contributed by atoms with E-state index in [0.717, 1.165) is 6.42 Å². The van der Waals surface area contributed by atoms with Crippen molar-refractivity contribution in [1.82, 2.24) is 0 Å². The molecule has 1 N–H and O–H groups in total. The Bertz CT molecular complexity index is 833. The van der Waals surface area contributed by atoms with Gasteiger partial charge in [-0.2, -0.15) is 0 Å². The fraction of sp³-hybridized carbons (Fsp3) is 0.300. The van der Waals surface area contributed by atoms with Crippen LogP contribution in [-0.2, 0) is 9.53 Å². The maximum Gasteiger partial charge on any atom is 0.338 e. The molecule has 0 aliphatic rings. The molecule has 8 nitrogen and oxygen atoms in total. The first kappa shape index (κ1) is 20.9. The summed E-state index contributed by atoms with van der Waals surface area (Å²) in [6.45, 7) is 4.07. The van der Waals surface area contributed by atoms with Crippen molar-refractivity contribution in [3.8, 4) is 5.75 Å². The minimum absolute atomic E-state index is 0.0159. The molecule has 0 aliphatic carbocycles. The first-order valence-corrected chi connectivity index (χ1v) is 8.80. The van der Waals surface area contributed by atoms with Gasteiger partial charge in [-0.3, -0.25) is 14.9 Å². The maximum atomic E-state index is 12.0. The number of para-hydroxylation sites is 2. The van der Waals surface area contributed by atoms with E-state index in [1.165, 1.54) is 18.2 Å². The number of anilines is 1. The first-order chi connectivity index (χ1) is 13.4. The van der Waals surface area contributed by atoms with Crippen LogP contribution in [0.25, 0.3) is 0 Å². The topological polar surface area (TPSA) is 108 Å². The van der Waals surface area contributed by atoms with Gasteiger partial charge in [0.15, 0.2) is 12.4 Å². The Kier molecular flexibility index (Phi) is 7.50. The summed E-state index contributed by atoms with van der Waals surface area (Å²) in [4.78, 5) is 34.3. The van der Waals surface area contributed by atoms with Gasteiger partial charge in [0, 0.05) is 11.8 Å². The van der Waals surface area contributed by atoms with Crippen LogP contribution in [0.5, 0.6) is 5.75 Å². The van der Waals surface area contributed by atoms with Crippen LogP contribution in [0.2, 0.25) is 0 Å². The third kappa shape index (κ3) is 6.39. The van der Waals surface area contributed by atoms with E-state index in [9.17, 15) is 19.7 Å². The Morgan fingerprint density at radius 1 is 1.11 bits per heavy atom. The molecule has 0 unspecified atom stereocenters. The number of carbonyl (C=O) groups is 2. The van der Waals surface area contributed by atoms with Crippen LogP contribution in [0.15, 0.2) is 48.5 Å². The smallest absolute Gasteiger partial charge is 0.338 e. The van der Waals surface area contributed by atoms with Crippen molar-refractivity contribution in [3.05, 3.63) is 64.2 Å². The van der Waals surface area contributed by atoms with E-state index in [2.05, 4.69) is 5.32 Å². The summed E-state index contributed by atoms with van der Waals surface area (Å²) in [6.07, 6.45) is 0.791. The number of rotatable bonds is 9. The van der Waals surface area contributed by atoms with E-state index in [0.29, 0.717) is 23.8 Å². The largest absolute Gasteiger partial charge is 0.477 e. The number of nitrogens with zero attached hydrogens (tertiary/aromatic N) is 1. The fourth-order valence-corrected chi connectivity index (χ4v) is 2.23. The highest BCUT2D eigenvalue weighted by Crippen LogP contribution is 2.25. The molecule has 2 aromatic carbocycles. The molecule has 1 amide bonds. The number of nitro groups is 1. The second-order valence-electron chi connectivity index (χ2n) is 6.46. The van der Waals surface area contributed by atoms with Crippen LogP contribution in [0.4, 0.5) is 11.4 Å². The average molecular weight is 386 g/mol. The Labute approximate surface area is 162 Å². The summed E-state index contributed by atoms with van der Waals surface area (Å²) in [6, 6.07) is 12.1. The SMILES string of the molecule is CC(C)CCOC(=O)c1ccc(NC(=O)COc2ccccc2[N+](=O)[O-])cc1. The first-order valence-electron chi connectivity index (χ1n) is 8.80. The van der Waals surface area contributed by atoms with E-state index in [1.54, 1.807) is 30.3 Å². The van der Waals surface area contributed by atoms with Crippen molar-refractivity contribution in [2.24, 2.45) is 5.92 Å². The molecule has 0 aromatic heterocycles. The lowest BCUT2D eigenvalue weighted by molar-refractivity contribution is -0.385. The zero-order chi connectivity index (χ0) is 20.5. The zero-order valence-electron chi connectivity index (χ0n) is 15.7. The van der Waals surface area contributed by atoms with Gasteiger partial charge < -0.3 is 14.8 Å². The molecule has 0 atom stereocenters. The van der Waals surface area contributed by atoms with Crippen molar-refractivity contribution in [3.63, 3.8) is 0 Å².